The highest BCUT2D eigenvalue weighted by molar-refractivity contribution is 7.92. The molecule has 2 rings (SSSR count). The van der Waals surface area contributed by atoms with Crippen LogP contribution in [-0.4, -0.2) is 26.6 Å². The van der Waals surface area contributed by atoms with Crippen LogP contribution in [0.25, 0.3) is 0 Å². The minimum atomic E-state index is -3.71. The van der Waals surface area contributed by atoms with Crippen molar-refractivity contribution >= 4 is 33.2 Å². The van der Waals surface area contributed by atoms with Crippen molar-refractivity contribution in [2.75, 3.05) is 10.6 Å². The number of hydrogen-bond acceptors (Lipinski definition) is 3. The zero-order chi connectivity index (χ0) is 21.9. The van der Waals surface area contributed by atoms with Crippen LogP contribution in [0.3, 0.4) is 0 Å². The third-order valence-electron chi connectivity index (χ3n) is 5.16. The number of nitrogens with zero attached hydrogens (tertiary/aromatic N) is 1. The van der Waals surface area contributed by atoms with Crippen molar-refractivity contribution in [3.63, 3.8) is 0 Å². The molecule has 0 unspecified atom stereocenters. The van der Waals surface area contributed by atoms with Crippen LogP contribution in [0.2, 0.25) is 5.02 Å². The predicted molar refractivity (Wildman–Crippen MR) is 120 cm³/mol. The van der Waals surface area contributed by atoms with Gasteiger partial charge in [-0.1, -0.05) is 42.8 Å². The zero-order valence-corrected chi connectivity index (χ0v) is 19.4. The van der Waals surface area contributed by atoms with E-state index in [1.54, 1.807) is 32.0 Å². The van der Waals surface area contributed by atoms with Gasteiger partial charge in [0.1, 0.15) is 6.04 Å². The summed E-state index contributed by atoms with van der Waals surface area (Å²) >= 11 is 6.09. The molecule has 1 N–H and O–H groups in total. The predicted octanol–water partition coefficient (Wildman–Crippen LogP) is 4.69. The first-order valence-electron chi connectivity index (χ1n) is 9.58. The standard InChI is InChI=1S/C22H29ClN2O3S/c1-7-20(18-10-8-14(2)16(4)12-18)24-22(26)17(5)25(29(6,27)28)21-13-19(23)11-9-15(21)3/h8-13,17,20H,7H2,1-6H3,(H,24,26)/t17-,20+/m0/s1. The molecular weight excluding hydrogens is 408 g/mol. The maximum absolute atomic E-state index is 13.0. The SMILES string of the molecule is CC[C@@H](NC(=O)[C@H](C)N(c1cc(Cl)ccc1C)S(C)(=O)=O)c1ccc(C)c(C)c1. The fraction of sp³-hybridized carbons (Fsp3) is 0.409. The summed E-state index contributed by atoms with van der Waals surface area (Å²) in [7, 11) is -3.71. The Bertz CT molecular complexity index is 1010. The van der Waals surface area contributed by atoms with E-state index >= 15 is 0 Å². The molecule has 29 heavy (non-hydrogen) atoms. The second-order valence-corrected chi connectivity index (χ2v) is 9.77. The molecule has 0 radical (unpaired) electrons. The number of anilines is 1. The summed E-state index contributed by atoms with van der Waals surface area (Å²) in [6, 6.07) is 9.96. The molecule has 5 nitrogen and oxygen atoms in total. The number of carbonyl (C=O) groups is 1. The van der Waals surface area contributed by atoms with Crippen LogP contribution >= 0.6 is 11.6 Å². The largest absolute Gasteiger partial charge is 0.347 e. The van der Waals surface area contributed by atoms with E-state index in [9.17, 15) is 13.2 Å². The van der Waals surface area contributed by atoms with Crippen LogP contribution in [0, 0.1) is 20.8 Å². The molecular formula is C22H29ClN2O3S. The van der Waals surface area contributed by atoms with Crippen LogP contribution < -0.4 is 9.62 Å². The first-order valence-corrected chi connectivity index (χ1v) is 11.8. The molecule has 0 saturated carbocycles. The number of nitrogens with one attached hydrogen (secondary N) is 1. The molecule has 0 aliphatic rings. The highest BCUT2D eigenvalue weighted by Gasteiger charge is 2.31. The molecule has 1 amide bonds. The van der Waals surface area contributed by atoms with Crippen LogP contribution in [0.5, 0.6) is 0 Å². The van der Waals surface area contributed by atoms with Crippen LogP contribution in [-0.2, 0) is 14.8 Å². The number of benzene rings is 2. The number of amides is 1. The Labute approximate surface area is 179 Å². The van der Waals surface area contributed by atoms with Gasteiger partial charge in [-0.2, -0.15) is 0 Å². The molecule has 0 fully saturated rings. The molecule has 2 atom stereocenters. The fourth-order valence-electron chi connectivity index (χ4n) is 3.30. The zero-order valence-electron chi connectivity index (χ0n) is 17.8. The van der Waals surface area contributed by atoms with Gasteiger partial charge in [0, 0.05) is 5.02 Å². The normalized spacial score (nSPS) is 13.6. The topological polar surface area (TPSA) is 66.5 Å². The summed E-state index contributed by atoms with van der Waals surface area (Å²) < 4.78 is 26.2. The quantitative estimate of drug-likeness (QED) is 0.684. The van der Waals surface area contributed by atoms with Gasteiger partial charge in [0.05, 0.1) is 18.0 Å². The van der Waals surface area contributed by atoms with Crippen molar-refractivity contribution < 1.29 is 13.2 Å². The fourth-order valence-corrected chi connectivity index (χ4v) is 4.69. The number of carbonyl (C=O) groups excluding carboxylic acids is 1. The van der Waals surface area contributed by atoms with Crippen LogP contribution in [0.15, 0.2) is 36.4 Å². The Morgan fingerprint density at radius 1 is 1.07 bits per heavy atom. The third-order valence-corrected chi connectivity index (χ3v) is 6.62. The number of hydrogen-bond donors (Lipinski definition) is 1. The molecule has 0 aliphatic carbocycles. The van der Waals surface area contributed by atoms with Crippen molar-refractivity contribution in [3.8, 4) is 0 Å². The second kappa shape index (κ2) is 9.18. The smallest absolute Gasteiger partial charge is 0.244 e. The van der Waals surface area contributed by atoms with Crippen molar-refractivity contribution in [3.05, 3.63) is 63.7 Å². The van der Waals surface area contributed by atoms with Gasteiger partial charge in [-0.3, -0.25) is 9.10 Å². The molecule has 0 heterocycles. The highest BCUT2D eigenvalue weighted by Crippen LogP contribution is 2.29. The Balaban J connectivity index is 2.35. The Kier molecular flexibility index (Phi) is 7.35. The molecule has 158 valence electrons. The van der Waals surface area contributed by atoms with Crippen molar-refractivity contribution in [1.82, 2.24) is 5.32 Å². The summed E-state index contributed by atoms with van der Waals surface area (Å²) in [6.45, 7) is 9.43. The van der Waals surface area contributed by atoms with Crippen molar-refractivity contribution in [2.45, 2.75) is 53.1 Å². The van der Waals surface area contributed by atoms with Gasteiger partial charge in [0.15, 0.2) is 0 Å². The number of aryl methyl sites for hydroxylation is 3. The lowest BCUT2D eigenvalue weighted by molar-refractivity contribution is -0.122. The Morgan fingerprint density at radius 2 is 1.69 bits per heavy atom. The monoisotopic (exact) mass is 436 g/mol. The van der Waals surface area contributed by atoms with E-state index in [1.165, 1.54) is 5.56 Å². The van der Waals surface area contributed by atoms with E-state index in [1.807, 2.05) is 32.9 Å². The summed E-state index contributed by atoms with van der Waals surface area (Å²) in [5.41, 5.74) is 4.46. The maximum atomic E-state index is 13.0. The number of rotatable bonds is 7. The van der Waals surface area contributed by atoms with E-state index in [0.29, 0.717) is 17.1 Å². The number of sulfonamides is 1. The first-order chi connectivity index (χ1) is 13.5. The molecule has 0 aromatic heterocycles. The minimum Gasteiger partial charge on any atom is -0.347 e. The lowest BCUT2D eigenvalue weighted by atomic mass is 9.99. The van der Waals surface area contributed by atoms with E-state index < -0.39 is 16.1 Å². The van der Waals surface area contributed by atoms with Crippen LogP contribution in [0.1, 0.15) is 48.6 Å². The van der Waals surface area contributed by atoms with Crippen molar-refractivity contribution in [2.24, 2.45) is 0 Å². The van der Waals surface area contributed by atoms with E-state index in [2.05, 4.69) is 11.4 Å². The van der Waals surface area contributed by atoms with Gasteiger partial charge in [-0.25, -0.2) is 8.42 Å². The van der Waals surface area contributed by atoms with Gasteiger partial charge < -0.3 is 5.32 Å². The first kappa shape index (κ1) is 23.2. The van der Waals surface area contributed by atoms with Crippen LogP contribution in [0.4, 0.5) is 5.69 Å². The van der Waals surface area contributed by atoms with E-state index in [4.69, 9.17) is 11.6 Å². The lowest BCUT2D eigenvalue weighted by Crippen LogP contribution is -2.48. The maximum Gasteiger partial charge on any atom is 0.244 e. The van der Waals surface area contributed by atoms with E-state index in [0.717, 1.165) is 27.3 Å². The van der Waals surface area contributed by atoms with E-state index in [-0.39, 0.29) is 11.9 Å². The molecule has 0 spiro atoms. The van der Waals surface area contributed by atoms with Crippen molar-refractivity contribution in [1.29, 1.82) is 0 Å². The second-order valence-electron chi connectivity index (χ2n) is 7.48. The Morgan fingerprint density at radius 3 is 2.24 bits per heavy atom. The molecule has 0 saturated heterocycles. The van der Waals surface area contributed by atoms with Gasteiger partial charge in [0.2, 0.25) is 15.9 Å². The summed E-state index contributed by atoms with van der Waals surface area (Å²) in [5.74, 6) is -0.361. The summed E-state index contributed by atoms with van der Waals surface area (Å²) in [5, 5.41) is 3.42. The Hall–Kier alpha value is -2.05. The number of halogens is 1. The average molecular weight is 437 g/mol. The molecule has 0 aliphatic heterocycles. The molecule has 7 heteroatoms. The molecule has 2 aromatic carbocycles. The van der Waals surface area contributed by atoms with Gasteiger partial charge in [-0.05, 0) is 68.5 Å². The van der Waals surface area contributed by atoms with Gasteiger partial charge in [-0.15, -0.1) is 0 Å². The van der Waals surface area contributed by atoms with Gasteiger partial charge >= 0.3 is 0 Å². The van der Waals surface area contributed by atoms with Gasteiger partial charge in [0.25, 0.3) is 0 Å². The highest BCUT2D eigenvalue weighted by atomic mass is 35.5. The summed E-state index contributed by atoms with van der Waals surface area (Å²) in [6.07, 6.45) is 1.79. The minimum absolute atomic E-state index is 0.203. The molecule has 0 bridgehead atoms. The molecule has 2 aromatic rings. The third kappa shape index (κ3) is 5.52. The lowest BCUT2D eigenvalue weighted by Gasteiger charge is -2.31. The summed E-state index contributed by atoms with van der Waals surface area (Å²) in [4.78, 5) is 13.0. The average Bonchev–Trinajstić information content (AvgIpc) is 2.63.